The molecule has 33 heavy (non-hydrogen) atoms. The van der Waals surface area contributed by atoms with Gasteiger partial charge in [-0.1, -0.05) is 6.92 Å². The van der Waals surface area contributed by atoms with E-state index in [1.807, 2.05) is 0 Å². The van der Waals surface area contributed by atoms with E-state index in [4.69, 9.17) is 0 Å². The molecule has 14 heteroatoms. The third kappa shape index (κ3) is 3.69. The second kappa shape index (κ2) is 7.50. The predicted octanol–water partition coefficient (Wildman–Crippen LogP) is 2.19. The van der Waals surface area contributed by atoms with Crippen LogP contribution in [0.1, 0.15) is 22.8 Å². The van der Waals surface area contributed by atoms with Gasteiger partial charge in [0.05, 0.1) is 16.9 Å². The molecule has 0 aliphatic rings. The number of carbonyl (C=O) groups is 1. The van der Waals surface area contributed by atoms with E-state index in [0.717, 1.165) is 10.6 Å². The van der Waals surface area contributed by atoms with E-state index < -0.39 is 21.6 Å². The number of aromatic nitrogens is 6. The van der Waals surface area contributed by atoms with Crippen molar-refractivity contribution >= 4 is 32.6 Å². The van der Waals surface area contributed by atoms with Crippen LogP contribution >= 0.6 is 0 Å². The monoisotopic (exact) mass is 481 g/mol. The van der Waals surface area contributed by atoms with Gasteiger partial charge in [0.2, 0.25) is 0 Å². The Labute approximate surface area is 185 Å². The molecule has 10 nitrogen and oxygen atoms in total. The molecule has 0 spiro atoms. The summed E-state index contributed by atoms with van der Waals surface area (Å²) in [5, 5.41) is 3.80. The van der Waals surface area contributed by atoms with Gasteiger partial charge in [-0.15, -0.1) is 0 Å². The summed E-state index contributed by atoms with van der Waals surface area (Å²) >= 11 is 0. The SMILES string of the molecule is CCS(=O)(=O)c1nn2cc(C(=O)N(C)C)cnc2c1-c1nc2cc(C(F)(F)F)cnc2n1C. The Hall–Kier alpha value is -3.55. The number of imidazole rings is 1. The van der Waals surface area contributed by atoms with Crippen LogP contribution < -0.4 is 0 Å². The average molecular weight is 481 g/mol. The number of halogens is 3. The summed E-state index contributed by atoms with van der Waals surface area (Å²) < 4.78 is 67.5. The van der Waals surface area contributed by atoms with Crippen molar-refractivity contribution in [2.24, 2.45) is 7.05 Å². The lowest BCUT2D eigenvalue weighted by molar-refractivity contribution is -0.137. The van der Waals surface area contributed by atoms with Gasteiger partial charge in [-0.25, -0.2) is 27.9 Å². The lowest BCUT2D eigenvalue weighted by atomic mass is 10.2. The molecule has 0 fully saturated rings. The van der Waals surface area contributed by atoms with Crippen LogP contribution in [0.25, 0.3) is 28.2 Å². The number of aryl methyl sites for hydroxylation is 1. The molecular weight excluding hydrogens is 463 g/mol. The molecule has 0 bridgehead atoms. The molecule has 0 aromatic carbocycles. The number of nitrogens with zero attached hydrogens (tertiary/aromatic N) is 7. The summed E-state index contributed by atoms with van der Waals surface area (Å²) in [6.45, 7) is 1.43. The first-order valence-electron chi connectivity index (χ1n) is 9.58. The highest BCUT2D eigenvalue weighted by Crippen LogP contribution is 2.34. The van der Waals surface area contributed by atoms with Crippen LogP contribution in [0.5, 0.6) is 0 Å². The lowest BCUT2D eigenvalue weighted by Crippen LogP contribution is -2.22. The van der Waals surface area contributed by atoms with Crippen molar-refractivity contribution < 1.29 is 26.4 Å². The molecule has 0 aliphatic heterocycles. The van der Waals surface area contributed by atoms with Crippen molar-refractivity contribution in [1.82, 2.24) is 34.0 Å². The van der Waals surface area contributed by atoms with Gasteiger partial charge in [0.15, 0.2) is 26.2 Å². The van der Waals surface area contributed by atoms with Crippen LogP contribution in [-0.4, -0.2) is 68.2 Å². The fourth-order valence-electron chi connectivity index (χ4n) is 3.29. The fourth-order valence-corrected chi connectivity index (χ4v) is 4.27. The molecule has 0 saturated carbocycles. The van der Waals surface area contributed by atoms with Crippen molar-refractivity contribution in [3.05, 3.63) is 35.8 Å². The zero-order valence-electron chi connectivity index (χ0n) is 17.9. The third-order valence-electron chi connectivity index (χ3n) is 5.03. The number of hydrogen-bond acceptors (Lipinski definition) is 7. The molecule has 1 amide bonds. The van der Waals surface area contributed by atoms with Crippen molar-refractivity contribution in [2.45, 2.75) is 18.1 Å². The molecule has 4 aromatic rings. The van der Waals surface area contributed by atoms with E-state index in [1.165, 1.54) is 35.8 Å². The third-order valence-corrected chi connectivity index (χ3v) is 6.66. The maximum absolute atomic E-state index is 13.1. The highest BCUT2D eigenvalue weighted by molar-refractivity contribution is 7.91. The van der Waals surface area contributed by atoms with Crippen LogP contribution in [0.15, 0.2) is 29.7 Å². The smallest absolute Gasteiger partial charge is 0.345 e. The zero-order chi connectivity index (χ0) is 24.3. The average Bonchev–Trinajstić information content (AvgIpc) is 3.29. The summed E-state index contributed by atoms with van der Waals surface area (Å²) in [6, 6.07) is 0.840. The first kappa shape index (κ1) is 22.6. The molecule has 0 atom stereocenters. The Kier molecular flexibility index (Phi) is 5.15. The van der Waals surface area contributed by atoms with Gasteiger partial charge in [0.25, 0.3) is 5.91 Å². The molecule has 0 unspecified atom stereocenters. The summed E-state index contributed by atoms with van der Waals surface area (Å²) in [4.78, 5) is 26.0. The topological polar surface area (TPSA) is 115 Å². The maximum Gasteiger partial charge on any atom is 0.417 e. The number of sulfone groups is 1. The first-order valence-corrected chi connectivity index (χ1v) is 11.2. The van der Waals surface area contributed by atoms with E-state index >= 15 is 0 Å². The van der Waals surface area contributed by atoms with Crippen LogP contribution in [0.2, 0.25) is 0 Å². The number of pyridine rings is 1. The van der Waals surface area contributed by atoms with Crippen LogP contribution in [0.3, 0.4) is 0 Å². The molecule has 0 N–H and O–H groups in total. The van der Waals surface area contributed by atoms with E-state index in [2.05, 4.69) is 20.1 Å². The Morgan fingerprint density at radius 1 is 1.15 bits per heavy atom. The maximum atomic E-state index is 13.1. The number of alkyl halides is 3. The summed E-state index contributed by atoms with van der Waals surface area (Å²) in [5.41, 5.74) is -0.673. The number of rotatable bonds is 4. The minimum atomic E-state index is -4.61. The normalized spacial score (nSPS) is 12.6. The van der Waals surface area contributed by atoms with Crippen molar-refractivity contribution in [3.8, 4) is 11.4 Å². The van der Waals surface area contributed by atoms with Crippen molar-refractivity contribution in [3.63, 3.8) is 0 Å². The molecule has 4 heterocycles. The predicted molar refractivity (Wildman–Crippen MR) is 111 cm³/mol. The standard InChI is InChI=1S/C19H18F3N7O3S/c1-5-33(31,32)17-13(15-23-7-10(9-29(15)26-17)18(30)27(2)3)16-25-12-6-11(19(20,21)22)8-24-14(12)28(16)4/h6-9H,5H2,1-4H3. The highest BCUT2D eigenvalue weighted by atomic mass is 32.2. The Bertz CT molecular complexity index is 1520. The first-order chi connectivity index (χ1) is 15.3. The summed E-state index contributed by atoms with van der Waals surface area (Å²) in [6.07, 6.45) is -1.32. The van der Waals surface area contributed by atoms with Crippen molar-refractivity contribution in [1.29, 1.82) is 0 Å². The quantitative estimate of drug-likeness (QED) is 0.439. The molecule has 4 rings (SSSR count). The number of carbonyl (C=O) groups excluding carboxylic acids is 1. The van der Waals surface area contributed by atoms with Gasteiger partial charge in [-0.05, 0) is 6.07 Å². The largest absolute Gasteiger partial charge is 0.417 e. The second-order valence-corrected chi connectivity index (χ2v) is 9.65. The number of amides is 1. The van der Waals surface area contributed by atoms with Gasteiger partial charge in [-0.2, -0.15) is 18.3 Å². The second-order valence-electron chi connectivity index (χ2n) is 7.45. The Morgan fingerprint density at radius 3 is 2.42 bits per heavy atom. The molecular formula is C19H18F3N7O3S. The lowest BCUT2D eigenvalue weighted by Gasteiger charge is -2.09. The van der Waals surface area contributed by atoms with Gasteiger partial charge in [0, 0.05) is 39.7 Å². The molecule has 0 saturated heterocycles. The van der Waals surface area contributed by atoms with E-state index in [-0.39, 0.29) is 50.4 Å². The zero-order valence-corrected chi connectivity index (χ0v) is 18.7. The summed E-state index contributed by atoms with van der Waals surface area (Å²) in [5.74, 6) is -0.626. The summed E-state index contributed by atoms with van der Waals surface area (Å²) in [7, 11) is 0.708. The van der Waals surface area contributed by atoms with Crippen LogP contribution in [0.4, 0.5) is 13.2 Å². The minimum absolute atomic E-state index is 0.00904. The minimum Gasteiger partial charge on any atom is -0.345 e. The van der Waals surface area contributed by atoms with Gasteiger partial charge in [0.1, 0.15) is 16.9 Å². The van der Waals surface area contributed by atoms with E-state index in [9.17, 15) is 26.4 Å². The Morgan fingerprint density at radius 2 is 1.82 bits per heavy atom. The van der Waals surface area contributed by atoms with Crippen LogP contribution in [0, 0.1) is 0 Å². The highest BCUT2D eigenvalue weighted by Gasteiger charge is 2.33. The van der Waals surface area contributed by atoms with Crippen LogP contribution in [-0.2, 0) is 23.1 Å². The van der Waals surface area contributed by atoms with E-state index in [1.54, 1.807) is 14.1 Å². The molecule has 0 radical (unpaired) electrons. The van der Waals surface area contributed by atoms with Gasteiger partial charge < -0.3 is 9.47 Å². The molecule has 4 aromatic heterocycles. The van der Waals surface area contributed by atoms with E-state index in [0.29, 0.717) is 6.20 Å². The van der Waals surface area contributed by atoms with Gasteiger partial charge >= 0.3 is 6.18 Å². The number of hydrogen-bond donors (Lipinski definition) is 0. The Balaban J connectivity index is 2.03. The van der Waals surface area contributed by atoms with Crippen molar-refractivity contribution in [2.75, 3.05) is 19.8 Å². The number of fused-ring (bicyclic) bond motifs is 2. The fraction of sp³-hybridized carbons (Fsp3) is 0.316. The van der Waals surface area contributed by atoms with Gasteiger partial charge in [-0.3, -0.25) is 4.79 Å². The molecule has 0 aliphatic carbocycles. The molecule has 174 valence electrons.